The molecule has 0 bridgehead atoms. The Hall–Kier alpha value is -1.10. The molecule has 4 nitrogen and oxygen atoms in total. The molecule has 0 radical (unpaired) electrons. The highest BCUT2D eigenvalue weighted by Crippen LogP contribution is 2.34. The maximum Gasteiger partial charge on any atom is 0.162 e. The van der Waals surface area contributed by atoms with E-state index in [9.17, 15) is 5.11 Å². The van der Waals surface area contributed by atoms with Crippen molar-refractivity contribution in [2.24, 2.45) is 0 Å². The van der Waals surface area contributed by atoms with E-state index in [1.165, 1.54) is 6.07 Å². The van der Waals surface area contributed by atoms with Gasteiger partial charge in [0.25, 0.3) is 0 Å². The number of phenolic OH excluding ortho intramolecular Hbond substituents is 1. The molecule has 0 amide bonds. The molecular weight excluding hydrogens is 261 g/mol. The van der Waals surface area contributed by atoms with E-state index >= 15 is 0 Å². The van der Waals surface area contributed by atoms with E-state index in [-0.39, 0.29) is 10.8 Å². The van der Waals surface area contributed by atoms with Gasteiger partial charge < -0.3 is 10.0 Å². The lowest BCUT2D eigenvalue weighted by Crippen LogP contribution is -2.12. The zero-order valence-corrected chi connectivity index (χ0v) is 10.9. The third kappa shape index (κ3) is 2.44. The first-order valence-electron chi connectivity index (χ1n) is 4.96. The molecule has 1 aromatic carbocycles. The number of benzene rings is 1. The number of fused-ring (bicyclic) bond motifs is 1. The van der Waals surface area contributed by atoms with Gasteiger partial charge >= 0.3 is 0 Å². The van der Waals surface area contributed by atoms with Gasteiger partial charge in [0.1, 0.15) is 11.0 Å². The van der Waals surface area contributed by atoms with Crippen LogP contribution in [0.25, 0.3) is 11.0 Å². The fraction of sp³-hybridized carbons (Fsp3) is 0.273. The van der Waals surface area contributed by atoms with E-state index in [1.807, 2.05) is 19.0 Å². The Morgan fingerprint density at radius 2 is 1.94 bits per heavy atom. The van der Waals surface area contributed by atoms with Crippen molar-refractivity contribution >= 4 is 34.2 Å². The molecule has 17 heavy (non-hydrogen) atoms. The lowest BCUT2D eigenvalue weighted by molar-refractivity contribution is 0.396. The molecule has 1 aromatic heterocycles. The normalized spacial score (nSPS) is 11.4. The molecule has 6 heteroatoms. The Morgan fingerprint density at radius 1 is 1.24 bits per heavy atom. The molecule has 0 atom stereocenters. The maximum atomic E-state index is 9.83. The van der Waals surface area contributed by atoms with Gasteiger partial charge in [0.15, 0.2) is 5.75 Å². The van der Waals surface area contributed by atoms with E-state index < -0.39 is 0 Å². The number of nitrogens with zero attached hydrogens (tertiary/aromatic N) is 3. The van der Waals surface area contributed by atoms with Crippen molar-refractivity contribution in [1.82, 2.24) is 14.9 Å². The van der Waals surface area contributed by atoms with E-state index in [0.29, 0.717) is 22.6 Å². The topological polar surface area (TPSA) is 49.2 Å². The summed E-state index contributed by atoms with van der Waals surface area (Å²) in [6.45, 7) is 0.631. The summed E-state index contributed by atoms with van der Waals surface area (Å²) in [6, 6.07) is 1.46. The second-order valence-electron chi connectivity index (χ2n) is 3.99. The van der Waals surface area contributed by atoms with Crippen LogP contribution in [0.1, 0.15) is 5.69 Å². The van der Waals surface area contributed by atoms with Crippen LogP contribution in [0.2, 0.25) is 10.0 Å². The van der Waals surface area contributed by atoms with E-state index in [1.54, 1.807) is 6.20 Å². The first-order valence-corrected chi connectivity index (χ1v) is 5.72. The molecule has 2 aromatic rings. The zero-order valence-electron chi connectivity index (χ0n) is 9.41. The van der Waals surface area contributed by atoms with Crippen LogP contribution >= 0.6 is 23.2 Å². The van der Waals surface area contributed by atoms with Gasteiger partial charge in [-0.3, -0.25) is 4.98 Å². The Bertz CT molecular complexity index is 572. The Labute approximate surface area is 109 Å². The number of hydrogen-bond acceptors (Lipinski definition) is 4. The molecule has 0 spiro atoms. The minimum Gasteiger partial charge on any atom is -0.504 e. The molecule has 0 aliphatic carbocycles. The Morgan fingerprint density at radius 3 is 2.59 bits per heavy atom. The molecule has 2 rings (SSSR count). The lowest BCUT2D eigenvalue weighted by atomic mass is 10.2. The van der Waals surface area contributed by atoms with Gasteiger partial charge in [0, 0.05) is 6.54 Å². The molecule has 0 saturated carbocycles. The second-order valence-corrected chi connectivity index (χ2v) is 4.80. The summed E-state index contributed by atoms with van der Waals surface area (Å²) in [5.74, 6) is -0.0841. The molecule has 0 aliphatic rings. The minimum absolute atomic E-state index is 0.0841. The largest absolute Gasteiger partial charge is 0.504 e. The summed E-state index contributed by atoms with van der Waals surface area (Å²) >= 11 is 11.8. The highest BCUT2D eigenvalue weighted by atomic mass is 35.5. The van der Waals surface area contributed by atoms with Gasteiger partial charge in [-0.1, -0.05) is 23.2 Å². The first kappa shape index (κ1) is 12.4. The molecule has 0 unspecified atom stereocenters. The van der Waals surface area contributed by atoms with E-state index in [4.69, 9.17) is 23.2 Å². The van der Waals surface area contributed by atoms with E-state index in [0.717, 1.165) is 5.69 Å². The van der Waals surface area contributed by atoms with Gasteiger partial charge in [-0.2, -0.15) is 0 Å². The molecular formula is C11H11Cl2N3O. The highest BCUT2D eigenvalue weighted by molar-refractivity contribution is 6.39. The quantitative estimate of drug-likeness (QED) is 0.913. The fourth-order valence-electron chi connectivity index (χ4n) is 1.53. The summed E-state index contributed by atoms with van der Waals surface area (Å²) < 4.78 is 0. The summed E-state index contributed by atoms with van der Waals surface area (Å²) in [6.07, 6.45) is 1.64. The summed E-state index contributed by atoms with van der Waals surface area (Å²) in [5, 5.41) is 10.4. The summed E-state index contributed by atoms with van der Waals surface area (Å²) in [4.78, 5) is 10.5. The first-order chi connectivity index (χ1) is 7.99. The van der Waals surface area contributed by atoms with Gasteiger partial charge in [-0.25, -0.2) is 4.98 Å². The molecule has 1 N–H and O–H groups in total. The average molecular weight is 272 g/mol. The monoisotopic (exact) mass is 271 g/mol. The van der Waals surface area contributed by atoms with Crippen LogP contribution in [0.5, 0.6) is 5.75 Å². The number of phenols is 1. The summed E-state index contributed by atoms with van der Waals surface area (Å²) in [7, 11) is 3.85. The third-order valence-corrected chi connectivity index (χ3v) is 2.81. The highest BCUT2D eigenvalue weighted by Gasteiger charge is 2.12. The van der Waals surface area contributed by atoms with Crippen molar-refractivity contribution in [3.05, 3.63) is 28.0 Å². The smallest absolute Gasteiger partial charge is 0.162 e. The van der Waals surface area contributed by atoms with Gasteiger partial charge in [0.05, 0.1) is 21.9 Å². The van der Waals surface area contributed by atoms with Gasteiger partial charge in [0.2, 0.25) is 0 Å². The van der Waals surface area contributed by atoms with Crippen molar-refractivity contribution in [3.8, 4) is 5.75 Å². The third-order valence-electron chi connectivity index (χ3n) is 2.23. The van der Waals surface area contributed by atoms with Crippen LogP contribution in [0, 0.1) is 0 Å². The summed E-state index contributed by atoms with van der Waals surface area (Å²) in [5.41, 5.74) is 1.54. The maximum absolute atomic E-state index is 9.83. The SMILES string of the molecule is CN(C)Cc1cnc2c(Cl)cc(Cl)c(O)c2n1. The van der Waals surface area contributed by atoms with Crippen LogP contribution < -0.4 is 0 Å². The fourth-order valence-corrected chi connectivity index (χ4v) is 2.03. The lowest BCUT2D eigenvalue weighted by Gasteiger charge is -2.10. The Kier molecular flexibility index (Phi) is 3.38. The van der Waals surface area contributed by atoms with Crippen molar-refractivity contribution in [3.63, 3.8) is 0 Å². The van der Waals surface area contributed by atoms with Crippen molar-refractivity contribution in [1.29, 1.82) is 0 Å². The number of hydrogen-bond donors (Lipinski definition) is 1. The van der Waals surface area contributed by atoms with Gasteiger partial charge in [-0.05, 0) is 20.2 Å². The van der Waals surface area contributed by atoms with Crippen LogP contribution in [-0.2, 0) is 6.54 Å². The molecule has 1 heterocycles. The molecule has 0 saturated heterocycles. The van der Waals surface area contributed by atoms with Gasteiger partial charge in [-0.15, -0.1) is 0 Å². The van der Waals surface area contributed by atoms with Crippen LogP contribution in [0.3, 0.4) is 0 Å². The minimum atomic E-state index is -0.0841. The van der Waals surface area contributed by atoms with Crippen LogP contribution in [0.15, 0.2) is 12.3 Å². The molecule has 90 valence electrons. The Balaban J connectivity index is 2.63. The number of rotatable bonds is 2. The van der Waals surface area contributed by atoms with Crippen molar-refractivity contribution in [2.45, 2.75) is 6.54 Å². The number of aromatic hydroxyl groups is 1. The van der Waals surface area contributed by atoms with Crippen molar-refractivity contribution < 1.29 is 5.11 Å². The molecule has 0 aliphatic heterocycles. The predicted octanol–water partition coefficient (Wildman–Crippen LogP) is 2.70. The van der Waals surface area contributed by atoms with E-state index in [2.05, 4.69) is 9.97 Å². The van der Waals surface area contributed by atoms with Crippen molar-refractivity contribution in [2.75, 3.05) is 14.1 Å². The average Bonchev–Trinajstić information content (AvgIpc) is 2.25. The standard InChI is InChI=1S/C11H11Cl2N3O/c1-16(2)5-6-4-14-9-7(12)3-8(13)11(17)10(9)15-6/h3-4,17H,5H2,1-2H3. The van der Waals surface area contributed by atoms with Crippen LogP contribution in [-0.4, -0.2) is 34.1 Å². The number of halogens is 2. The zero-order chi connectivity index (χ0) is 12.6. The molecule has 0 fully saturated rings. The number of aromatic nitrogens is 2. The second kappa shape index (κ2) is 4.64. The van der Waals surface area contributed by atoms with Crippen LogP contribution in [0.4, 0.5) is 0 Å². The predicted molar refractivity (Wildman–Crippen MR) is 68.6 cm³/mol.